The fourth-order valence-electron chi connectivity index (χ4n) is 2.58. The first-order valence-corrected chi connectivity index (χ1v) is 7.78. The molecular formula is C19H17F3N2O. The van der Waals surface area contributed by atoms with Gasteiger partial charge in [-0.2, -0.15) is 13.2 Å². The quantitative estimate of drug-likeness (QED) is 0.826. The smallest absolute Gasteiger partial charge is 0.429 e. The van der Waals surface area contributed by atoms with Gasteiger partial charge in [-0.05, 0) is 29.8 Å². The Kier molecular flexibility index (Phi) is 4.79. The molecule has 3 rings (SSSR count). The molecule has 25 heavy (non-hydrogen) atoms. The lowest BCUT2D eigenvalue weighted by atomic mass is 10.1. The Hall–Kier alpha value is -2.76. The summed E-state index contributed by atoms with van der Waals surface area (Å²) in [6.45, 7) is 0. The van der Waals surface area contributed by atoms with E-state index in [4.69, 9.17) is 4.74 Å². The zero-order valence-corrected chi connectivity index (χ0v) is 13.5. The SMILES string of the molecule is COc1ccc(/C=C/C2CC(C(F)(F)F)=Nc3ccccc3N2)cc1. The van der Waals surface area contributed by atoms with Crippen molar-refractivity contribution in [3.8, 4) is 5.75 Å². The highest BCUT2D eigenvalue weighted by Crippen LogP contribution is 2.33. The van der Waals surface area contributed by atoms with Gasteiger partial charge in [-0.1, -0.05) is 36.4 Å². The van der Waals surface area contributed by atoms with Crippen molar-refractivity contribution in [2.75, 3.05) is 12.4 Å². The highest BCUT2D eigenvalue weighted by molar-refractivity contribution is 5.95. The van der Waals surface area contributed by atoms with Crippen molar-refractivity contribution in [1.82, 2.24) is 0 Å². The van der Waals surface area contributed by atoms with Crippen LogP contribution in [0.25, 0.3) is 6.08 Å². The van der Waals surface area contributed by atoms with Gasteiger partial charge in [0.2, 0.25) is 0 Å². The lowest BCUT2D eigenvalue weighted by Gasteiger charge is -2.16. The number of nitrogens with zero attached hydrogens (tertiary/aromatic N) is 1. The van der Waals surface area contributed by atoms with E-state index < -0.39 is 17.9 Å². The number of anilines is 1. The minimum absolute atomic E-state index is 0.231. The van der Waals surface area contributed by atoms with Gasteiger partial charge in [0.1, 0.15) is 11.5 Å². The van der Waals surface area contributed by atoms with Gasteiger partial charge in [-0.25, -0.2) is 4.99 Å². The Morgan fingerprint density at radius 3 is 2.52 bits per heavy atom. The van der Waals surface area contributed by atoms with Crippen molar-refractivity contribution in [2.24, 2.45) is 4.99 Å². The van der Waals surface area contributed by atoms with Crippen LogP contribution in [-0.4, -0.2) is 25.0 Å². The monoisotopic (exact) mass is 346 g/mol. The third-order valence-corrected chi connectivity index (χ3v) is 3.88. The molecule has 0 bridgehead atoms. The molecule has 2 aromatic rings. The van der Waals surface area contributed by atoms with Gasteiger partial charge in [0.15, 0.2) is 0 Å². The molecule has 130 valence electrons. The van der Waals surface area contributed by atoms with Gasteiger partial charge < -0.3 is 10.1 Å². The maximum absolute atomic E-state index is 13.2. The van der Waals surface area contributed by atoms with Crippen LogP contribution >= 0.6 is 0 Å². The summed E-state index contributed by atoms with van der Waals surface area (Å²) in [5.74, 6) is 0.727. The second kappa shape index (κ2) is 7.01. The van der Waals surface area contributed by atoms with E-state index >= 15 is 0 Å². The highest BCUT2D eigenvalue weighted by atomic mass is 19.4. The molecule has 0 saturated heterocycles. The Bertz CT molecular complexity index is 795. The molecular weight excluding hydrogens is 329 g/mol. The second-order valence-electron chi connectivity index (χ2n) is 5.66. The molecule has 0 aliphatic carbocycles. The van der Waals surface area contributed by atoms with E-state index in [-0.39, 0.29) is 6.42 Å². The molecule has 1 aliphatic heterocycles. The van der Waals surface area contributed by atoms with Gasteiger partial charge in [-0.3, -0.25) is 0 Å². The number of hydrogen-bond acceptors (Lipinski definition) is 3. The van der Waals surface area contributed by atoms with Crippen molar-refractivity contribution in [3.63, 3.8) is 0 Å². The number of hydrogen-bond donors (Lipinski definition) is 1. The summed E-state index contributed by atoms with van der Waals surface area (Å²) >= 11 is 0. The molecule has 0 fully saturated rings. The van der Waals surface area contributed by atoms with E-state index in [0.717, 1.165) is 11.3 Å². The summed E-state index contributed by atoms with van der Waals surface area (Å²) in [7, 11) is 1.58. The zero-order chi connectivity index (χ0) is 17.9. The normalized spacial score (nSPS) is 17.4. The molecule has 2 aromatic carbocycles. The molecule has 0 amide bonds. The summed E-state index contributed by atoms with van der Waals surface area (Å²) < 4.78 is 44.8. The predicted octanol–water partition coefficient (Wildman–Crippen LogP) is 5.23. The van der Waals surface area contributed by atoms with Crippen molar-refractivity contribution < 1.29 is 17.9 Å². The molecule has 6 heteroatoms. The number of rotatable bonds is 3. The number of ether oxygens (including phenoxy) is 1. The lowest BCUT2D eigenvalue weighted by molar-refractivity contribution is -0.0604. The Labute approximate surface area is 143 Å². The Balaban J connectivity index is 1.86. The number of fused-ring (bicyclic) bond motifs is 1. The van der Waals surface area contributed by atoms with E-state index in [9.17, 15) is 13.2 Å². The molecule has 3 nitrogen and oxygen atoms in total. The van der Waals surface area contributed by atoms with Crippen molar-refractivity contribution in [2.45, 2.75) is 18.6 Å². The van der Waals surface area contributed by atoms with Crippen molar-refractivity contribution >= 4 is 23.2 Å². The molecule has 0 radical (unpaired) electrons. The third-order valence-electron chi connectivity index (χ3n) is 3.88. The average Bonchev–Trinajstić information content (AvgIpc) is 2.79. The van der Waals surface area contributed by atoms with E-state index in [0.29, 0.717) is 11.4 Å². The van der Waals surface area contributed by atoms with E-state index in [1.165, 1.54) is 0 Å². The molecule has 0 aromatic heterocycles. The number of halogens is 3. The van der Waals surface area contributed by atoms with Gasteiger partial charge in [0.05, 0.1) is 24.5 Å². The van der Waals surface area contributed by atoms with E-state index in [1.807, 2.05) is 12.1 Å². The van der Waals surface area contributed by atoms with Crippen molar-refractivity contribution in [3.05, 3.63) is 60.2 Å². The fraction of sp³-hybridized carbons (Fsp3) is 0.211. The van der Waals surface area contributed by atoms with Gasteiger partial charge in [0, 0.05) is 6.42 Å². The van der Waals surface area contributed by atoms with Crippen LogP contribution in [0.3, 0.4) is 0 Å². The highest BCUT2D eigenvalue weighted by Gasteiger charge is 2.37. The minimum atomic E-state index is -4.45. The van der Waals surface area contributed by atoms with Crippen LogP contribution in [0.1, 0.15) is 12.0 Å². The molecule has 1 atom stereocenters. The summed E-state index contributed by atoms with van der Waals surface area (Å²) in [6.07, 6.45) is -1.17. The van der Waals surface area contributed by atoms with Crippen LogP contribution in [0.5, 0.6) is 5.75 Å². The number of benzene rings is 2. The maximum atomic E-state index is 13.2. The topological polar surface area (TPSA) is 33.6 Å². The average molecular weight is 346 g/mol. The standard InChI is InChI=1S/C19H17F3N2O/c1-25-15-10-7-13(8-11-15)6-9-14-12-18(19(20,21)22)24-17-5-3-2-4-16(17)23-14/h2-11,14,23H,12H2,1H3/b9-6+. The van der Waals surface area contributed by atoms with Crippen LogP contribution < -0.4 is 10.1 Å². The first kappa shape index (κ1) is 17.1. The first-order valence-electron chi connectivity index (χ1n) is 7.78. The first-order chi connectivity index (χ1) is 12.0. The summed E-state index contributed by atoms with van der Waals surface area (Å²) in [5.41, 5.74) is 0.987. The number of para-hydroxylation sites is 2. The van der Waals surface area contributed by atoms with E-state index in [2.05, 4.69) is 10.3 Å². The lowest BCUT2D eigenvalue weighted by Crippen LogP contribution is -2.28. The van der Waals surface area contributed by atoms with Crippen molar-refractivity contribution in [1.29, 1.82) is 0 Å². The number of nitrogens with one attached hydrogen (secondary N) is 1. The van der Waals surface area contributed by atoms with Gasteiger partial charge in [0.25, 0.3) is 0 Å². The van der Waals surface area contributed by atoms with Crippen LogP contribution in [-0.2, 0) is 0 Å². The summed E-state index contributed by atoms with van der Waals surface area (Å²) in [6, 6.07) is 13.5. The van der Waals surface area contributed by atoms with Gasteiger partial charge in [-0.15, -0.1) is 0 Å². The summed E-state index contributed by atoms with van der Waals surface area (Å²) in [4.78, 5) is 3.82. The number of methoxy groups -OCH3 is 1. The molecule has 1 N–H and O–H groups in total. The van der Waals surface area contributed by atoms with Crippen LogP contribution in [0.2, 0.25) is 0 Å². The predicted molar refractivity (Wildman–Crippen MR) is 93.6 cm³/mol. The largest absolute Gasteiger partial charge is 0.497 e. The van der Waals surface area contributed by atoms with Crippen LogP contribution in [0, 0.1) is 0 Å². The molecule has 1 unspecified atom stereocenters. The molecule has 1 aliphatic rings. The number of aliphatic imine (C=N–C) groups is 1. The van der Waals surface area contributed by atoms with Crippen LogP contribution in [0.15, 0.2) is 59.6 Å². The maximum Gasteiger partial charge on any atom is 0.429 e. The Morgan fingerprint density at radius 2 is 1.84 bits per heavy atom. The summed E-state index contributed by atoms with van der Waals surface area (Å²) in [5, 5.41) is 3.13. The molecule has 1 heterocycles. The molecule has 0 spiro atoms. The number of alkyl halides is 3. The fourth-order valence-corrected chi connectivity index (χ4v) is 2.58. The Morgan fingerprint density at radius 1 is 1.12 bits per heavy atom. The van der Waals surface area contributed by atoms with E-state index in [1.54, 1.807) is 55.7 Å². The second-order valence-corrected chi connectivity index (χ2v) is 5.66. The molecule has 0 saturated carbocycles. The van der Waals surface area contributed by atoms with Gasteiger partial charge >= 0.3 is 6.18 Å². The third kappa shape index (κ3) is 4.21. The zero-order valence-electron chi connectivity index (χ0n) is 13.5. The van der Waals surface area contributed by atoms with Crippen LogP contribution in [0.4, 0.5) is 24.5 Å². The minimum Gasteiger partial charge on any atom is -0.497 e.